The quantitative estimate of drug-likeness (QED) is 0.796. The Labute approximate surface area is 162 Å². The summed E-state index contributed by atoms with van der Waals surface area (Å²) in [6.07, 6.45) is 0. The van der Waals surface area contributed by atoms with Crippen molar-refractivity contribution in [3.05, 3.63) is 29.3 Å². The number of urea groups is 1. The standard InChI is InChI=1S/C21H32N4O2/c1-14-21(5,6)16-13-15(7-8-17(16)22-14)18(26)24-9-11-25(12-10-24)19(27)23-20(2,3)4/h7-8,13-14,22H,9-12H2,1-6H3,(H,23,27). The lowest BCUT2D eigenvalue weighted by atomic mass is 9.81. The Morgan fingerprint density at radius 2 is 1.70 bits per heavy atom. The second-order valence-electron chi connectivity index (χ2n) is 9.31. The van der Waals surface area contributed by atoms with Gasteiger partial charge in [0.15, 0.2) is 0 Å². The second kappa shape index (κ2) is 6.73. The van der Waals surface area contributed by atoms with Crippen molar-refractivity contribution in [2.75, 3.05) is 31.5 Å². The molecule has 0 aromatic heterocycles. The highest BCUT2D eigenvalue weighted by Crippen LogP contribution is 2.41. The van der Waals surface area contributed by atoms with Gasteiger partial charge in [-0.1, -0.05) is 13.8 Å². The average molecular weight is 373 g/mol. The first kappa shape index (κ1) is 19.5. The van der Waals surface area contributed by atoms with Crippen molar-refractivity contribution in [3.63, 3.8) is 0 Å². The highest BCUT2D eigenvalue weighted by Gasteiger charge is 2.37. The molecular formula is C21H32N4O2. The van der Waals surface area contributed by atoms with Gasteiger partial charge in [0.25, 0.3) is 5.91 Å². The summed E-state index contributed by atoms with van der Waals surface area (Å²) in [5.41, 5.74) is 2.78. The van der Waals surface area contributed by atoms with Crippen LogP contribution in [0.15, 0.2) is 18.2 Å². The van der Waals surface area contributed by atoms with Gasteiger partial charge in [0.2, 0.25) is 0 Å². The molecule has 1 unspecified atom stereocenters. The number of fused-ring (bicyclic) bond motifs is 1. The third-order valence-corrected chi connectivity index (χ3v) is 5.75. The molecule has 0 saturated carbocycles. The molecule has 1 aromatic rings. The average Bonchev–Trinajstić information content (AvgIpc) is 2.82. The van der Waals surface area contributed by atoms with Gasteiger partial charge in [-0.15, -0.1) is 0 Å². The molecule has 6 heteroatoms. The fourth-order valence-electron chi connectivity index (χ4n) is 3.68. The van der Waals surface area contributed by atoms with Crippen LogP contribution in [-0.4, -0.2) is 59.5 Å². The summed E-state index contributed by atoms with van der Waals surface area (Å²) in [7, 11) is 0. The molecule has 148 valence electrons. The highest BCUT2D eigenvalue weighted by atomic mass is 16.2. The van der Waals surface area contributed by atoms with Crippen LogP contribution in [0.4, 0.5) is 10.5 Å². The molecule has 3 amide bonds. The minimum absolute atomic E-state index is 0.00460. The Morgan fingerprint density at radius 3 is 2.30 bits per heavy atom. The first-order chi connectivity index (χ1) is 12.5. The maximum Gasteiger partial charge on any atom is 0.317 e. The summed E-state index contributed by atoms with van der Waals surface area (Å²) in [6.45, 7) is 14.7. The maximum atomic E-state index is 13.0. The number of carbonyl (C=O) groups is 2. The largest absolute Gasteiger partial charge is 0.381 e. The van der Waals surface area contributed by atoms with Gasteiger partial charge in [-0.25, -0.2) is 4.79 Å². The molecule has 1 aromatic carbocycles. The third kappa shape index (κ3) is 3.89. The summed E-state index contributed by atoms with van der Waals surface area (Å²) in [5.74, 6) is 0.0454. The number of carbonyl (C=O) groups excluding carboxylic acids is 2. The molecule has 1 atom stereocenters. The van der Waals surface area contributed by atoms with Gasteiger partial charge in [0.05, 0.1) is 0 Å². The van der Waals surface area contributed by atoms with E-state index in [9.17, 15) is 9.59 Å². The van der Waals surface area contributed by atoms with Crippen LogP contribution in [0.3, 0.4) is 0 Å². The summed E-state index contributed by atoms with van der Waals surface area (Å²) < 4.78 is 0. The smallest absolute Gasteiger partial charge is 0.317 e. The molecule has 1 fully saturated rings. The summed E-state index contributed by atoms with van der Waals surface area (Å²) in [4.78, 5) is 28.9. The molecule has 1 saturated heterocycles. The van der Waals surface area contributed by atoms with E-state index in [4.69, 9.17) is 0 Å². The highest BCUT2D eigenvalue weighted by molar-refractivity contribution is 5.95. The molecule has 2 N–H and O–H groups in total. The van der Waals surface area contributed by atoms with Gasteiger partial charge >= 0.3 is 6.03 Å². The minimum Gasteiger partial charge on any atom is -0.381 e. The van der Waals surface area contributed by atoms with E-state index in [1.807, 2.05) is 43.9 Å². The predicted molar refractivity (Wildman–Crippen MR) is 108 cm³/mol. The van der Waals surface area contributed by atoms with E-state index in [0.717, 1.165) is 11.3 Å². The van der Waals surface area contributed by atoms with Crippen molar-refractivity contribution in [1.82, 2.24) is 15.1 Å². The van der Waals surface area contributed by atoms with Gasteiger partial charge < -0.3 is 20.4 Å². The Hall–Kier alpha value is -2.24. The van der Waals surface area contributed by atoms with Gasteiger partial charge in [-0.3, -0.25) is 4.79 Å². The van der Waals surface area contributed by atoms with E-state index < -0.39 is 0 Å². The lowest BCUT2D eigenvalue weighted by Crippen LogP contribution is -2.56. The Balaban J connectivity index is 1.66. The second-order valence-corrected chi connectivity index (χ2v) is 9.31. The first-order valence-corrected chi connectivity index (χ1v) is 9.76. The van der Waals surface area contributed by atoms with Crippen LogP contribution in [0, 0.1) is 0 Å². The summed E-state index contributed by atoms with van der Waals surface area (Å²) in [5, 5.41) is 6.48. The van der Waals surface area contributed by atoms with Crippen molar-refractivity contribution < 1.29 is 9.59 Å². The maximum absolute atomic E-state index is 13.0. The van der Waals surface area contributed by atoms with E-state index in [2.05, 4.69) is 31.4 Å². The number of nitrogens with zero attached hydrogens (tertiary/aromatic N) is 2. The molecular weight excluding hydrogens is 340 g/mol. The zero-order chi connectivity index (χ0) is 20.0. The van der Waals surface area contributed by atoms with Gasteiger partial charge in [-0.2, -0.15) is 0 Å². The van der Waals surface area contributed by atoms with Crippen molar-refractivity contribution in [2.45, 2.75) is 58.5 Å². The van der Waals surface area contributed by atoms with Crippen molar-refractivity contribution in [3.8, 4) is 0 Å². The molecule has 2 aliphatic rings. The Bertz CT molecular complexity index is 743. The summed E-state index contributed by atoms with van der Waals surface area (Å²) >= 11 is 0. The fraction of sp³-hybridized carbons (Fsp3) is 0.619. The number of benzene rings is 1. The number of rotatable bonds is 1. The number of anilines is 1. The third-order valence-electron chi connectivity index (χ3n) is 5.75. The van der Waals surface area contributed by atoms with Crippen LogP contribution in [0.2, 0.25) is 0 Å². The molecule has 27 heavy (non-hydrogen) atoms. The molecule has 0 radical (unpaired) electrons. The topological polar surface area (TPSA) is 64.7 Å². The lowest BCUT2D eigenvalue weighted by molar-refractivity contribution is 0.0661. The fourth-order valence-corrected chi connectivity index (χ4v) is 3.68. The van der Waals surface area contributed by atoms with Crippen LogP contribution >= 0.6 is 0 Å². The lowest BCUT2D eigenvalue weighted by Gasteiger charge is -2.36. The van der Waals surface area contributed by atoms with Crippen molar-refractivity contribution in [1.29, 1.82) is 0 Å². The molecule has 0 bridgehead atoms. The van der Waals surface area contributed by atoms with E-state index in [1.165, 1.54) is 5.56 Å². The molecule has 0 aliphatic carbocycles. The Kier molecular flexibility index (Phi) is 4.87. The van der Waals surface area contributed by atoms with Crippen molar-refractivity contribution in [2.24, 2.45) is 0 Å². The number of hydrogen-bond acceptors (Lipinski definition) is 3. The first-order valence-electron chi connectivity index (χ1n) is 9.76. The van der Waals surface area contributed by atoms with E-state index in [1.54, 1.807) is 4.90 Å². The monoisotopic (exact) mass is 372 g/mol. The zero-order valence-corrected chi connectivity index (χ0v) is 17.3. The van der Waals surface area contributed by atoms with Crippen molar-refractivity contribution >= 4 is 17.6 Å². The molecule has 0 spiro atoms. The summed E-state index contributed by atoms with van der Waals surface area (Å²) in [6, 6.07) is 6.23. The number of hydrogen-bond donors (Lipinski definition) is 2. The zero-order valence-electron chi connectivity index (χ0n) is 17.3. The Morgan fingerprint density at radius 1 is 1.11 bits per heavy atom. The van der Waals surface area contributed by atoms with Crippen LogP contribution in [0.25, 0.3) is 0 Å². The number of piperazine rings is 1. The van der Waals surface area contributed by atoms with E-state index >= 15 is 0 Å². The SMILES string of the molecule is CC1Nc2ccc(C(=O)N3CCN(C(=O)NC(C)(C)C)CC3)cc2C1(C)C. The normalized spacial score (nSPS) is 21.5. The molecule has 3 rings (SSSR count). The van der Waals surface area contributed by atoms with E-state index in [-0.39, 0.29) is 22.9 Å². The number of amides is 3. The van der Waals surface area contributed by atoms with Crippen LogP contribution in [0.1, 0.15) is 57.5 Å². The van der Waals surface area contributed by atoms with E-state index in [0.29, 0.717) is 32.2 Å². The molecule has 2 aliphatic heterocycles. The molecule has 6 nitrogen and oxygen atoms in total. The van der Waals surface area contributed by atoms with Crippen LogP contribution in [0.5, 0.6) is 0 Å². The van der Waals surface area contributed by atoms with Gasteiger partial charge in [-0.05, 0) is 51.5 Å². The minimum atomic E-state index is -0.258. The van der Waals surface area contributed by atoms with Gasteiger partial charge in [0, 0.05) is 54.4 Å². The number of nitrogens with one attached hydrogen (secondary N) is 2. The van der Waals surface area contributed by atoms with Gasteiger partial charge in [0.1, 0.15) is 0 Å². The van der Waals surface area contributed by atoms with Crippen LogP contribution < -0.4 is 10.6 Å². The predicted octanol–water partition coefficient (Wildman–Crippen LogP) is 3.04. The van der Waals surface area contributed by atoms with Crippen LogP contribution in [-0.2, 0) is 5.41 Å². The molecule has 2 heterocycles.